The fourth-order valence-corrected chi connectivity index (χ4v) is 2.74. The molecule has 0 saturated heterocycles. The van der Waals surface area contributed by atoms with E-state index in [4.69, 9.17) is 16.3 Å². The van der Waals surface area contributed by atoms with Crippen molar-refractivity contribution in [2.75, 3.05) is 20.3 Å². The number of hydrogen-bond donors (Lipinski definition) is 1. The van der Waals surface area contributed by atoms with Gasteiger partial charge >= 0.3 is 0 Å². The van der Waals surface area contributed by atoms with Gasteiger partial charge in [-0.25, -0.2) is 4.98 Å². The second kappa shape index (κ2) is 5.45. The molecular formula is C11H17ClN2OS. The van der Waals surface area contributed by atoms with Crippen molar-refractivity contribution in [1.82, 2.24) is 10.3 Å². The Kier molecular flexibility index (Phi) is 4.19. The molecule has 1 fully saturated rings. The van der Waals surface area contributed by atoms with E-state index in [9.17, 15) is 0 Å². The Morgan fingerprint density at radius 1 is 1.62 bits per heavy atom. The van der Waals surface area contributed by atoms with Crippen LogP contribution in [-0.4, -0.2) is 25.2 Å². The highest BCUT2D eigenvalue weighted by Crippen LogP contribution is 2.48. The summed E-state index contributed by atoms with van der Waals surface area (Å²) in [5.41, 5.74) is 0.497. The molecule has 1 saturated carbocycles. The van der Waals surface area contributed by atoms with Gasteiger partial charge in [-0.2, -0.15) is 0 Å². The lowest BCUT2D eigenvalue weighted by molar-refractivity contribution is 0.171. The summed E-state index contributed by atoms with van der Waals surface area (Å²) in [6.07, 6.45) is 5.51. The van der Waals surface area contributed by atoms with Crippen LogP contribution in [0.1, 0.15) is 24.3 Å². The van der Waals surface area contributed by atoms with Crippen LogP contribution in [0.15, 0.2) is 6.20 Å². The van der Waals surface area contributed by atoms with Crippen molar-refractivity contribution in [2.45, 2.75) is 25.8 Å². The fourth-order valence-electron chi connectivity index (χ4n) is 1.81. The Hall–Kier alpha value is -0.160. The van der Waals surface area contributed by atoms with Crippen molar-refractivity contribution in [3.05, 3.63) is 15.5 Å². The van der Waals surface area contributed by atoms with E-state index in [1.807, 2.05) is 0 Å². The smallest absolute Gasteiger partial charge is 0.113 e. The van der Waals surface area contributed by atoms with E-state index in [1.54, 1.807) is 24.6 Å². The molecule has 2 rings (SSSR count). The van der Waals surface area contributed by atoms with Crippen molar-refractivity contribution < 1.29 is 4.74 Å². The number of thiazole rings is 1. The van der Waals surface area contributed by atoms with Crippen LogP contribution in [0.5, 0.6) is 0 Å². The quantitative estimate of drug-likeness (QED) is 0.819. The Balaban J connectivity index is 1.68. The van der Waals surface area contributed by atoms with Crippen LogP contribution in [0.3, 0.4) is 0 Å². The van der Waals surface area contributed by atoms with Crippen LogP contribution in [0.2, 0.25) is 4.34 Å². The number of ether oxygens (including phenoxy) is 1. The second-order valence-electron chi connectivity index (χ2n) is 4.40. The summed E-state index contributed by atoms with van der Waals surface area (Å²) in [5, 5.41) is 4.52. The summed E-state index contributed by atoms with van der Waals surface area (Å²) in [6, 6.07) is 0. The van der Waals surface area contributed by atoms with Gasteiger partial charge in [0.15, 0.2) is 0 Å². The number of nitrogens with one attached hydrogen (secondary N) is 1. The van der Waals surface area contributed by atoms with Crippen molar-refractivity contribution >= 4 is 22.9 Å². The minimum atomic E-state index is 0.497. The molecular weight excluding hydrogens is 244 g/mol. The number of methoxy groups -OCH3 is 1. The van der Waals surface area contributed by atoms with Crippen molar-refractivity contribution in [1.29, 1.82) is 0 Å². The predicted molar refractivity (Wildman–Crippen MR) is 67.0 cm³/mol. The van der Waals surface area contributed by atoms with E-state index in [0.29, 0.717) is 5.41 Å². The molecule has 0 aromatic carbocycles. The lowest BCUT2D eigenvalue weighted by Gasteiger charge is -2.14. The molecule has 1 N–H and O–H groups in total. The van der Waals surface area contributed by atoms with Crippen LogP contribution in [-0.2, 0) is 11.3 Å². The molecule has 0 aliphatic heterocycles. The van der Waals surface area contributed by atoms with Gasteiger partial charge < -0.3 is 10.1 Å². The normalized spacial score (nSPS) is 17.6. The third-order valence-corrected chi connectivity index (χ3v) is 4.21. The summed E-state index contributed by atoms with van der Waals surface area (Å²) in [6.45, 7) is 2.75. The van der Waals surface area contributed by atoms with Gasteiger partial charge in [0.1, 0.15) is 9.34 Å². The maximum atomic E-state index is 5.82. The third-order valence-electron chi connectivity index (χ3n) is 3.10. The van der Waals surface area contributed by atoms with Gasteiger partial charge in [-0.05, 0) is 24.7 Å². The summed E-state index contributed by atoms with van der Waals surface area (Å²) in [4.78, 5) is 4.22. The highest BCUT2D eigenvalue weighted by Gasteiger charge is 2.41. The lowest BCUT2D eigenvalue weighted by atomic mass is 10.0. The second-order valence-corrected chi connectivity index (χ2v) is 6.15. The summed E-state index contributed by atoms with van der Waals surface area (Å²) in [5.74, 6) is 0. The SMILES string of the molecule is COCCC1(CNCc2ncc(Cl)s2)CC1. The van der Waals surface area contributed by atoms with E-state index in [0.717, 1.165) is 35.5 Å². The number of aromatic nitrogens is 1. The number of hydrogen-bond acceptors (Lipinski definition) is 4. The van der Waals surface area contributed by atoms with Gasteiger partial charge in [0.2, 0.25) is 0 Å². The van der Waals surface area contributed by atoms with Gasteiger partial charge in [0.05, 0.1) is 6.20 Å². The Morgan fingerprint density at radius 3 is 3.00 bits per heavy atom. The van der Waals surface area contributed by atoms with Crippen LogP contribution in [0, 0.1) is 5.41 Å². The maximum Gasteiger partial charge on any atom is 0.113 e. The molecule has 16 heavy (non-hydrogen) atoms. The number of rotatable bonds is 7. The molecule has 0 bridgehead atoms. The highest BCUT2D eigenvalue weighted by atomic mass is 35.5. The van der Waals surface area contributed by atoms with Gasteiger partial charge in [-0.1, -0.05) is 11.6 Å². The Morgan fingerprint density at radius 2 is 2.44 bits per heavy atom. The standard InChI is InChI=1S/C11H17ClN2OS/c1-15-5-4-11(2-3-11)8-13-7-10-14-6-9(12)16-10/h6,13H,2-5,7-8H2,1H3. The molecule has 0 radical (unpaired) electrons. The molecule has 1 aliphatic carbocycles. The Bertz CT molecular complexity index is 338. The summed E-state index contributed by atoms with van der Waals surface area (Å²) >= 11 is 7.37. The lowest BCUT2D eigenvalue weighted by Crippen LogP contribution is -2.24. The first kappa shape index (κ1) is 12.3. The minimum absolute atomic E-state index is 0.497. The molecule has 0 atom stereocenters. The molecule has 0 unspecified atom stereocenters. The zero-order chi connectivity index (χ0) is 11.4. The minimum Gasteiger partial charge on any atom is -0.385 e. The number of halogens is 1. The molecule has 5 heteroatoms. The van der Waals surface area contributed by atoms with Crippen LogP contribution in [0.4, 0.5) is 0 Å². The first-order chi connectivity index (χ1) is 7.74. The first-order valence-electron chi connectivity index (χ1n) is 5.54. The van der Waals surface area contributed by atoms with Gasteiger partial charge in [-0.3, -0.25) is 0 Å². The van der Waals surface area contributed by atoms with E-state index < -0.39 is 0 Å². The monoisotopic (exact) mass is 260 g/mol. The van der Waals surface area contributed by atoms with Crippen molar-refractivity contribution in [2.24, 2.45) is 5.41 Å². The largest absolute Gasteiger partial charge is 0.385 e. The fraction of sp³-hybridized carbons (Fsp3) is 0.727. The predicted octanol–water partition coefficient (Wildman–Crippen LogP) is 2.70. The molecule has 3 nitrogen and oxygen atoms in total. The van der Waals surface area contributed by atoms with Gasteiger partial charge in [-0.15, -0.1) is 11.3 Å². The summed E-state index contributed by atoms with van der Waals surface area (Å²) in [7, 11) is 1.76. The molecule has 90 valence electrons. The molecule has 0 spiro atoms. The molecule has 1 aromatic heterocycles. The highest BCUT2D eigenvalue weighted by molar-refractivity contribution is 7.15. The third kappa shape index (κ3) is 3.42. The van der Waals surface area contributed by atoms with E-state index in [-0.39, 0.29) is 0 Å². The molecule has 1 aromatic rings. The molecule has 0 amide bonds. The topological polar surface area (TPSA) is 34.1 Å². The molecule has 1 heterocycles. The van der Waals surface area contributed by atoms with Crippen LogP contribution >= 0.6 is 22.9 Å². The first-order valence-corrected chi connectivity index (χ1v) is 6.73. The maximum absolute atomic E-state index is 5.82. The van der Waals surface area contributed by atoms with Crippen LogP contribution < -0.4 is 5.32 Å². The van der Waals surface area contributed by atoms with E-state index in [2.05, 4.69) is 10.3 Å². The van der Waals surface area contributed by atoms with E-state index in [1.165, 1.54) is 12.8 Å². The summed E-state index contributed by atoms with van der Waals surface area (Å²) < 4.78 is 5.89. The number of nitrogens with zero attached hydrogens (tertiary/aromatic N) is 1. The average molecular weight is 261 g/mol. The van der Waals surface area contributed by atoms with Gasteiger partial charge in [0, 0.05) is 26.8 Å². The van der Waals surface area contributed by atoms with Crippen molar-refractivity contribution in [3.63, 3.8) is 0 Å². The van der Waals surface area contributed by atoms with E-state index >= 15 is 0 Å². The zero-order valence-corrected chi connectivity index (χ0v) is 11.0. The average Bonchev–Trinajstić information content (AvgIpc) is 2.92. The van der Waals surface area contributed by atoms with Crippen molar-refractivity contribution in [3.8, 4) is 0 Å². The molecule has 1 aliphatic rings. The zero-order valence-electron chi connectivity index (χ0n) is 9.46. The Labute approximate surface area is 105 Å². The van der Waals surface area contributed by atoms with Crippen LogP contribution in [0.25, 0.3) is 0 Å². The van der Waals surface area contributed by atoms with Gasteiger partial charge in [0.25, 0.3) is 0 Å².